The smallest absolute Gasteiger partial charge is 0.410 e. The molecule has 6 aliphatic rings. The van der Waals surface area contributed by atoms with Crippen LogP contribution in [0.1, 0.15) is 84.1 Å². The minimum absolute atomic E-state index is 0.00312. The van der Waals surface area contributed by atoms with Gasteiger partial charge in [0.1, 0.15) is 41.7 Å². The number of amides is 6. The van der Waals surface area contributed by atoms with Crippen molar-refractivity contribution in [2.24, 2.45) is 0 Å². The number of pyridine rings is 1. The number of hydrogen-bond acceptors (Lipinski definition) is 14. The molecular formula is C58H65F2N11O8. The average Bonchev–Trinajstić information content (AvgIpc) is 4.19. The summed E-state index contributed by atoms with van der Waals surface area (Å²) in [6.45, 7) is 10.6. The second kappa shape index (κ2) is 21.8. The number of hydrogen-bond donors (Lipinski definition) is 2. The molecule has 8 heterocycles. The van der Waals surface area contributed by atoms with Crippen LogP contribution in [0.5, 0.6) is 6.01 Å². The summed E-state index contributed by atoms with van der Waals surface area (Å²) in [5.41, 5.74) is 0.867. The minimum Gasteiger partial charge on any atom is -0.461 e. The van der Waals surface area contributed by atoms with Gasteiger partial charge in [-0.05, 0) is 108 Å². The van der Waals surface area contributed by atoms with Crippen LogP contribution in [0.25, 0.3) is 32.9 Å². The Morgan fingerprint density at radius 3 is 2.39 bits per heavy atom. The number of halogens is 2. The number of anilines is 3. The Bertz CT molecular complexity index is 3240. The lowest BCUT2D eigenvalue weighted by molar-refractivity contribution is -0.131. The van der Waals surface area contributed by atoms with Gasteiger partial charge >= 0.3 is 24.2 Å². The summed E-state index contributed by atoms with van der Waals surface area (Å²) in [5.74, 6) is 1.27. The number of rotatable bonds is 13. The number of ether oxygens (including phenoxy) is 3. The molecule has 0 radical (unpaired) electrons. The molecule has 19 nitrogen and oxygen atoms in total. The lowest BCUT2D eigenvalue weighted by Crippen LogP contribution is -2.57. The zero-order chi connectivity index (χ0) is 55.2. The first kappa shape index (κ1) is 53.2. The second-order valence-corrected chi connectivity index (χ2v) is 22.4. The minimum atomic E-state index is -0.743. The third-order valence-electron chi connectivity index (χ3n) is 16.4. The van der Waals surface area contributed by atoms with E-state index in [9.17, 15) is 24.0 Å². The van der Waals surface area contributed by atoms with E-state index in [1.165, 1.54) is 12.3 Å². The van der Waals surface area contributed by atoms with Gasteiger partial charge in [-0.3, -0.25) is 34.6 Å². The van der Waals surface area contributed by atoms with Gasteiger partial charge < -0.3 is 34.2 Å². The predicted octanol–water partition coefficient (Wildman–Crippen LogP) is 7.37. The molecule has 0 aliphatic carbocycles. The highest BCUT2D eigenvalue weighted by Crippen LogP contribution is 2.44. The van der Waals surface area contributed by atoms with Crippen LogP contribution in [0, 0.1) is 24.0 Å². The van der Waals surface area contributed by atoms with E-state index in [4.69, 9.17) is 30.6 Å². The monoisotopic (exact) mass is 1080 g/mol. The van der Waals surface area contributed by atoms with Crippen molar-refractivity contribution in [1.82, 2.24) is 40.3 Å². The topological polar surface area (TPSA) is 195 Å². The number of fused-ring (bicyclic) bond motifs is 5. The van der Waals surface area contributed by atoms with Crippen molar-refractivity contribution in [3.05, 3.63) is 78.0 Å². The molecule has 6 amide bonds. The zero-order valence-electron chi connectivity index (χ0n) is 44.8. The van der Waals surface area contributed by atoms with E-state index in [-0.39, 0.29) is 91.4 Å². The summed E-state index contributed by atoms with van der Waals surface area (Å²) in [5, 5.41) is 6.50. The first-order chi connectivity index (χ1) is 38.1. The molecule has 79 heavy (non-hydrogen) atoms. The van der Waals surface area contributed by atoms with Crippen molar-refractivity contribution < 1.29 is 47.0 Å². The summed E-state index contributed by atoms with van der Waals surface area (Å²) in [4.78, 5) is 89.5. The van der Waals surface area contributed by atoms with Crippen molar-refractivity contribution in [3.8, 4) is 29.6 Å². The highest BCUT2D eigenvalue weighted by Gasteiger charge is 2.51. The average molecular weight is 1080 g/mol. The Hall–Kier alpha value is -7.86. The van der Waals surface area contributed by atoms with Gasteiger partial charge in [-0.25, -0.2) is 23.2 Å². The fourth-order valence-corrected chi connectivity index (χ4v) is 12.6. The van der Waals surface area contributed by atoms with E-state index in [1.807, 2.05) is 54.8 Å². The van der Waals surface area contributed by atoms with Crippen LogP contribution < -0.4 is 30.1 Å². The van der Waals surface area contributed by atoms with Crippen LogP contribution in [-0.4, -0.2) is 161 Å². The van der Waals surface area contributed by atoms with Gasteiger partial charge in [0.05, 0.1) is 28.6 Å². The summed E-state index contributed by atoms with van der Waals surface area (Å²) in [6.07, 6.45) is 12.2. The first-order valence-electron chi connectivity index (χ1n) is 27.4. The van der Waals surface area contributed by atoms with Gasteiger partial charge in [-0.1, -0.05) is 30.2 Å². The molecular weight excluding hydrogens is 1020 g/mol. The molecule has 11 rings (SSSR count). The number of urea groups is 1. The van der Waals surface area contributed by atoms with E-state index >= 15 is 8.78 Å². The van der Waals surface area contributed by atoms with E-state index in [0.717, 1.165) is 50.8 Å². The number of aromatic nitrogens is 3. The molecule has 2 bridgehead atoms. The standard InChI is InChI=1S/C58H65F2N11O8/c1-5-42-45(59)19-12-36-9-6-10-43(48(36)42)50-49(60)51-44(31-62-50)52(68-32-39-17-18-40(33-68)71(39)56(76)79-57(2,3)4)65-53(64-51)78-35-58-22-8-25-70(58)41(20-23-58)34-77-55(75)61-24-7-11-47(73)67-29-27-66(28-30-67)37-13-15-38(16-14-37)69-26-21-46(72)63-54(69)74/h1,6,9-10,12-16,19,31,39-41H,7-8,11,17-18,20-30,32-35H2,2-4H3,(H,61,75)(H,63,72,74)/t39?,40?,41-,58-/m0/s1. The Labute approximate surface area is 456 Å². The highest BCUT2D eigenvalue weighted by atomic mass is 19.1. The third-order valence-corrected chi connectivity index (χ3v) is 16.4. The van der Waals surface area contributed by atoms with Gasteiger partial charge in [0, 0.05) is 99.8 Å². The molecule has 6 fully saturated rings. The molecule has 4 atom stereocenters. The number of imide groups is 1. The second-order valence-electron chi connectivity index (χ2n) is 22.4. The number of alkyl carbamates (subject to hydrolysis) is 1. The summed E-state index contributed by atoms with van der Waals surface area (Å²) in [6, 6.07) is 14.8. The highest BCUT2D eigenvalue weighted by molar-refractivity contribution is 6.06. The maximum atomic E-state index is 17.4. The van der Waals surface area contributed by atoms with Crippen molar-refractivity contribution in [2.45, 2.75) is 108 Å². The lowest BCUT2D eigenvalue weighted by atomic mass is 9.95. The van der Waals surface area contributed by atoms with Crippen LogP contribution in [0.3, 0.4) is 0 Å². The molecule has 2 N–H and O–H groups in total. The molecule has 6 saturated heterocycles. The van der Waals surface area contributed by atoms with E-state index in [2.05, 4.69) is 36.2 Å². The Morgan fingerprint density at radius 2 is 1.66 bits per heavy atom. The molecule has 5 aromatic rings. The van der Waals surface area contributed by atoms with Gasteiger partial charge in [0.15, 0.2) is 5.82 Å². The van der Waals surface area contributed by atoms with Gasteiger partial charge in [-0.15, -0.1) is 6.42 Å². The van der Waals surface area contributed by atoms with Crippen molar-refractivity contribution in [3.63, 3.8) is 0 Å². The molecule has 21 heteroatoms. The SMILES string of the molecule is C#Cc1c(F)ccc2cccc(-c3ncc4c(N5CC6CCC(C5)N6C(=O)OC(C)(C)C)nc(OC[C@@]56CCCN5[C@H](COC(=O)NCCCC(=O)N5CCN(c7ccc(N8CCC(=O)NC8=O)cc7)CC5)CC6)nc4c3F)c12. The Kier molecular flexibility index (Phi) is 14.6. The number of terminal acetylenes is 1. The molecule has 3 aromatic carbocycles. The number of carbonyl (C=O) groups excluding carboxylic acids is 5. The first-order valence-corrected chi connectivity index (χ1v) is 27.4. The van der Waals surface area contributed by atoms with Gasteiger partial charge in [0.2, 0.25) is 11.8 Å². The maximum absolute atomic E-state index is 17.4. The van der Waals surface area contributed by atoms with E-state index in [0.29, 0.717) is 85.5 Å². The molecule has 0 spiro atoms. The van der Waals surface area contributed by atoms with E-state index in [1.54, 1.807) is 29.2 Å². The summed E-state index contributed by atoms with van der Waals surface area (Å²) >= 11 is 0. The number of carbonyl (C=O) groups is 5. The number of nitrogens with zero attached hydrogens (tertiary/aromatic N) is 9. The molecule has 2 unspecified atom stereocenters. The number of nitrogens with one attached hydrogen (secondary N) is 2. The largest absolute Gasteiger partial charge is 0.461 e. The molecule has 414 valence electrons. The Morgan fingerprint density at radius 1 is 0.899 bits per heavy atom. The third kappa shape index (κ3) is 10.7. The van der Waals surface area contributed by atoms with Crippen LogP contribution in [0.15, 0.2) is 60.8 Å². The van der Waals surface area contributed by atoms with Crippen LogP contribution in [-0.2, 0) is 19.1 Å². The van der Waals surface area contributed by atoms with Crippen LogP contribution in [0.4, 0.5) is 40.4 Å². The zero-order valence-corrected chi connectivity index (χ0v) is 44.8. The quantitative estimate of drug-likeness (QED) is 0.0876. The van der Waals surface area contributed by atoms with Gasteiger partial charge in [-0.2, -0.15) is 9.97 Å². The van der Waals surface area contributed by atoms with E-state index < -0.39 is 34.9 Å². The molecule has 6 aliphatic heterocycles. The number of benzene rings is 3. The summed E-state index contributed by atoms with van der Waals surface area (Å²) in [7, 11) is 0. The van der Waals surface area contributed by atoms with Gasteiger partial charge in [0.25, 0.3) is 0 Å². The lowest BCUT2D eigenvalue weighted by Gasteiger charge is -2.42. The normalized spacial score (nSPS) is 22.3. The Balaban J connectivity index is 0.715. The summed E-state index contributed by atoms with van der Waals surface area (Å²) < 4.78 is 50.7. The van der Waals surface area contributed by atoms with Crippen LogP contribution in [0.2, 0.25) is 0 Å². The fourth-order valence-electron chi connectivity index (χ4n) is 12.6. The maximum Gasteiger partial charge on any atom is 0.410 e. The van der Waals surface area contributed by atoms with Crippen molar-refractivity contribution >= 4 is 68.9 Å². The predicted molar refractivity (Wildman–Crippen MR) is 292 cm³/mol. The van der Waals surface area contributed by atoms with Crippen molar-refractivity contribution in [2.75, 3.05) is 86.8 Å². The van der Waals surface area contributed by atoms with Crippen LogP contribution >= 0.6 is 0 Å². The molecule has 0 saturated carbocycles. The molecule has 2 aromatic heterocycles. The van der Waals surface area contributed by atoms with Crippen molar-refractivity contribution in [1.29, 1.82) is 0 Å². The fraction of sp³-hybridized carbons (Fsp3) is 0.483. The number of piperazine rings is 2.